The van der Waals surface area contributed by atoms with E-state index in [4.69, 9.17) is 11.6 Å². The van der Waals surface area contributed by atoms with Gasteiger partial charge >= 0.3 is 0 Å². The Kier molecular flexibility index (Phi) is 4.87. The lowest BCUT2D eigenvalue weighted by Gasteiger charge is -2.24. The van der Waals surface area contributed by atoms with Crippen molar-refractivity contribution in [2.45, 2.75) is 31.8 Å². The molecule has 4 aromatic rings. The van der Waals surface area contributed by atoms with Gasteiger partial charge in [-0.2, -0.15) is 5.10 Å². The van der Waals surface area contributed by atoms with Crippen LogP contribution < -0.4 is 5.32 Å². The van der Waals surface area contributed by atoms with E-state index in [1.54, 1.807) is 12.4 Å². The maximum absolute atomic E-state index is 5.97. The van der Waals surface area contributed by atoms with Crippen LogP contribution in [0.2, 0.25) is 5.02 Å². The minimum absolute atomic E-state index is 0.276. The zero-order valence-corrected chi connectivity index (χ0v) is 16.6. The molecule has 146 valence electrons. The van der Waals surface area contributed by atoms with Gasteiger partial charge in [-0.25, -0.2) is 14.6 Å². The highest BCUT2D eigenvalue weighted by Crippen LogP contribution is 2.31. The topological polar surface area (TPSA) is 60.6 Å². The predicted molar refractivity (Wildman–Crippen MR) is 112 cm³/mol. The van der Waals surface area contributed by atoms with Crippen molar-refractivity contribution >= 4 is 11.6 Å². The number of rotatable bonds is 5. The van der Waals surface area contributed by atoms with Crippen LogP contribution in [0.1, 0.15) is 35.8 Å². The van der Waals surface area contributed by atoms with Gasteiger partial charge in [0.2, 0.25) is 0 Å². The van der Waals surface area contributed by atoms with Gasteiger partial charge in [-0.3, -0.25) is 0 Å². The third-order valence-corrected chi connectivity index (χ3v) is 5.59. The Morgan fingerprint density at radius 3 is 2.83 bits per heavy atom. The van der Waals surface area contributed by atoms with Crippen LogP contribution in [-0.2, 0) is 13.0 Å². The molecule has 0 unspecified atom stereocenters. The van der Waals surface area contributed by atoms with Gasteiger partial charge in [-0.15, -0.1) is 0 Å². The summed E-state index contributed by atoms with van der Waals surface area (Å²) in [6.07, 6.45) is 10.7. The Bertz CT molecular complexity index is 1100. The number of hydrogen-bond acceptors (Lipinski definition) is 4. The van der Waals surface area contributed by atoms with Gasteiger partial charge in [-0.1, -0.05) is 17.7 Å². The van der Waals surface area contributed by atoms with E-state index in [9.17, 15) is 0 Å². The number of nitrogens with zero attached hydrogens (tertiary/aromatic N) is 5. The molecule has 0 aliphatic heterocycles. The predicted octanol–water partition coefficient (Wildman–Crippen LogP) is 4.27. The zero-order valence-electron chi connectivity index (χ0n) is 15.9. The van der Waals surface area contributed by atoms with Gasteiger partial charge in [0.05, 0.1) is 16.9 Å². The molecule has 7 heteroatoms. The average molecular weight is 405 g/mol. The number of fused-ring (bicyclic) bond motifs is 1. The first kappa shape index (κ1) is 18.1. The number of aromatic nitrogens is 5. The maximum atomic E-state index is 5.97. The second-order valence-electron chi connectivity index (χ2n) is 7.18. The molecule has 29 heavy (non-hydrogen) atoms. The van der Waals surface area contributed by atoms with Gasteiger partial charge in [0.15, 0.2) is 5.82 Å². The van der Waals surface area contributed by atoms with Crippen molar-refractivity contribution in [3.63, 3.8) is 0 Å². The summed E-state index contributed by atoms with van der Waals surface area (Å²) in [6.45, 7) is 0.746. The van der Waals surface area contributed by atoms with Crippen LogP contribution in [0.25, 0.3) is 11.6 Å². The van der Waals surface area contributed by atoms with E-state index < -0.39 is 0 Å². The molecule has 4 aromatic heterocycles. The number of hydrogen-bond donors (Lipinski definition) is 1. The number of pyridine rings is 2. The summed E-state index contributed by atoms with van der Waals surface area (Å²) in [6, 6.07) is 14.1. The van der Waals surface area contributed by atoms with Gasteiger partial charge < -0.3 is 9.88 Å². The Hall–Kier alpha value is -2.96. The highest BCUT2D eigenvalue weighted by molar-refractivity contribution is 6.30. The van der Waals surface area contributed by atoms with Crippen molar-refractivity contribution < 1.29 is 0 Å². The molecule has 0 radical (unpaired) electrons. The third kappa shape index (κ3) is 3.57. The Labute approximate surface area is 174 Å². The fourth-order valence-electron chi connectivity index (χ4n) is 3.97. The third-order valence-electron chi connectivity index (χ3n) is 5.37. The number of nitrogens with one attached hydrogen (secondary N) is 1. The van der Waals surface area contributed by atoms with Crippen LogP contribution in [0.4, 0.5) is 0 Å². The van der Waals surface area contributed by atoms with E-state index in [0.717, 1.165) is 43.1 Å². The van der Waals surface area contributed by atoms with Crippen LogP contribution in [0.15, 0.2) is 67.3 Å². The molecular weight excluding hydrogens is 384 g/mol. The van der Waals surface area contributed by atoms with Crippen LogP contribution >= 0.6 is 11.6 Å². The minimum atomic E-state index is 0.276. The highest BCUT2D eigenvalue weighted by Gasteiger charge is 2.25. The molecule has 6 nitrogen and oxygen atoms in total. The first-order valence-electron chi connectivity index (χ1n) is 9.79. The lowest BCUT2D eigenvalue weighted by atomic mass is 9.93. The SMILES string of the molecule is Clc1ccc(-n2cccc2CN[C@H]2CCCc3c2cnn3-c2ccccn2)nc1. The van der Waals surface area contributed by atoms with E-state index in [1.807, 2.05) is 53.5 Å². The Morgan fingerprint density at radius 1 is 1.03 bits per heavy atom. The minimum Gasteiger partial charge on any atom is -0.304 e. The van der Waals surface area contributed by atoms with E-state index >= 15 is 0 Å². The number of halogens is 1. The molecule has 1 N–H and O–H groups in total. The molecule has 0 saturated carbocycles. The van der Waals surface area contributed by atoms with Crippen molar-refractivity contribution in [3.05, 3.63) is 89.2 Å². The monoisotopic (exact) mass is 404 g/mol. The van der Waals surface area contributed by atoms with Crippen molar-refractivity contribution in [1.82, 2.24) is 29.6 Å². The molecule has 0 fully saturated rings. The molecule has 0 spiro atoms. The lowest BCUT2D eigenvalue weighted by molar-refractivity contribution is 0.450. The lowest BCUT2D eigenvalue weighted by Crippen LogP contribution is -2.26. The summed E-state index contributed by atoms with van der Waals surface area (Å²) in [5.41, 5.74) is 3.68. The van der Waals surface area contributed by atoms with Crippen LogP contribution in [0.3, 0.4) is 0 Å². The second kappa shape index (κ2) is 7.81. The summed E-state index contributed by atoms with van der Waals surface area (Å²) in [4.78, 5) is 8.88. The van der Waals surface area contributed by atoms with Crippen molar-refractivity contribution in [1.29, 1.82) is 0 Å². The summed E-state index contributed by atoms with van der Waals surface area (Å²) < 4.78 is 4.06. The Balaban J connectivity index is 1.36. The maximum Gasteiger partial charge on any atom is 0.153 e. The molecule has 5 rings (SSSR count). The summed E-state index contributed by atoms with van der Waals surface area (Å²) in [5, 5.41) is 8.98. The molecule has 0 amide bonds. The quantitative estimate of drug-likeness (QED) is 0.539. The van der Waals surface area contributed by atoms with E-state index in [2.05, 4.69) is 31.0 Å². The van der Waals surface area contributed by atoms with E-state index in [0.29, 0.717) is 5.02 Å². The molecule has 1 aliphatic carbocycles. The van der Waals surface area contributed by atoms with Crippen LogP contribution in [0, 0.1) is 0 Å². The van der Waals surface area contributed by atoms with Crippen molar-refractivity contribution in [3.8, 4) is 11.6 Å². The standard InChI is InChI=1S/C22H21ClN6/c23-16-9-10-21(26-13-16)28-12-4-5-17(28)14-25-19-6-3-7-20-18(19)15-27-29(20)22-8-1-2-11-24-22/h1-2,4-5,8-13,15,19,25H,3,6-7,14H2/t19-/m0/s1. The van der Waals surface area contributed by atoms with Crippen LogP contribution in [-0.4, -0.2) is 24.3 Å². The average Bonchev–Trinajstić information content (AvgIpc) is 3.41. The van der Waals surface area contributed by atoms with Crippen LogP contribution in [0.5, 0.6) is 0 Å². The highest BCUT2D eigenvalue weighted by atomic mass is 35.5. The fraction of sp³-hybridized carbons (Fsp3) is 0.227. The van der Waals surface area contributed by atoms with E-state index in [-0.39, 0.29) is 6.04 Å². The van der Waals surface area contributed by atoms with Gasteiger partial charge in [0.1, 0.15) is 5.82 Å². The van der Waals surface area contributed by atoms with Gasteiger partial charge in [0, 0.05) is 42.4 Å². The Morgan fingerprint density at radius 2 is 2.00 bits per heavy atom. The molecule has 1 atom stereocenters. The molecule has 0 saturated heterocycles. The summed E-state index contributed by atoms with van der Waals surface area (Å²) in [7, 11) is 0. The first-order valence-corrected chi connectivity index (χ1v) is 10.2. The normalized spacial score (nSPS) is 16.0. The smallest absolute Gasteiger partial charge is 0.153 e. The second-order valence-corrected chi connectivity index (χ2v) is 7.61. The molecule has 4 heterocycles. The molecule has 0 aromatic carbocycles. The van der Waals surface area contributed by atoms with Gasteiger partial charge in [0.25, 0.3) is 0 Å². The summed E-state index contributed by atoms with van der Waals surface area (Å²) in [5.74, 6) is 1.74. The van der Waals surface area contributed by atoms with Crippen molar-refractivity contribution in [2.75, 3.05) is 0 Å². The first-order chi connectivity index (χ1) is 14.3. The molecule has 0 bridgehead atoms. The molecule has 1 aliphatic rings. The largest absolute Gasteiger partial charge is 0.304 e. The summed E-state index contributed by atoms with van der Waals surface area (Å²) >= 11 is 5.97. The zero-order chi connectivity index (χ0) is 19.6. The van der Waals surface area contributed by atoms with E-state index in [1.165, 1.54) is 11.3 Å². The van der Waals surface area contributed by atoms with Gasteiger partial charge in [-0.05, 0) is 55.7 Å². The molecular formula is C22H21ClN6. The van der Waals surface area contributed by atoms with Crippen molar-refractivity contribution in [2.24, 2.45) is 0 Å². The fourth-order valence-corrected chi connectivity index (χ4v) is 4.08.